The Morgan fingerprint density at radius 3 is 2.65 bits per heavy atom. The molecule has 1 N–H and O–H groups in total. The molecule has 0 saturated carbocycles. The maximum Gasteiger partial charge on any atom is 0.416 e. The van der Waals surface area contributed by atoms with Gasteiger partial charge in [0, 0.05) is 29.8 Å². The molecule has 6 nitrogen and oxygen atoms in total. The van der Waals surface area contributed by atoms with E-state index in [0.717, 1.165) is 17.7 Å². The second-order valence-electron chi connectivity index (χ2n) is 7.72. The van der Waals surface area contributed by atoms with E-state index in [-0.39, 0.29) is 11.1 Å². The number of H-pyrrole nitrogens is 1. The first-order chi connectivity index (χ1) is 16.1. The van der Waals surface area contributed by atoms with Crippen molar-refractivity contribution in [2.75, 3.05) is 7.11 Å². The molecule has 0 aliphatic rings. The molecule has 176 valence electrons. The van der Waals surface area contributed by atoms with Crippen LogP contribution in [0.3, 0.4) is 0 Å². The standard InChI is InChI=1S/C24H20F4N4O2/c1-14(19-7-6-17(10-20(19)25)24(26,27)28)32-13-16(12-29-32)21-11-23(33)31-22(30-21)9-15-4-3-5-18(8-15)34-2/h3-8,10-14H,9H2,1-2H3,(H,30,31,33). The molecule has 0 saturated heterocycles. The summed E-state index contributed by atoms with van der Waals surface area (Å²) in [6, 6.07) is 10.4. The minimum absolute atomic E-state index is 0.0558. The smallest absolute Gasteiger partial charge is 0.416 e. The van der Waals surface area contributed by atoms with Crippen LogP contribution in [0.2, 0.25) is 0 Å². The van der Waals surface area contributed by atoms with Crippen molar-refractivity contribution in [3.05, 3.63) is 99.6 Å². The van der Waals surface area contributed by atoms with Gasteiger partial charge in [0.05, 0.1) is 30.6 Å². The number of aromatic nitrogens is 4. The van der Waals surface area contributed by atoms with Crippen LogP contribution >= 0.6 is 0 Å². The fourth-order valence-corrected chi connectivity index (χ4v) is 3.58. The SMILES string of the molecule is COc1cccc(Cc2nc(-c3cnn(C(C)c4ccc(C(F)(F)F)cc4F)c3)cc(=O)[nH]2)c1. The zero-order valence-electron chi connectivity index (χ0n) is 18.2. The zero-order valence-corrected chi connectivity index (χ0v) is 18.2. The number of methoxy groups -OCH3 is 1. The minimum Gasteiger partial charge on any atom is -0.497 e. The molecule has 2 aromatic heterocycles. The topological polar surface area (TPSA) is 72.8 Å². The van der Waals surface area contributed by atoms with Crippen molar-refractivity contribution >= 4 is 0 Å². The molecular weight excluding hydrogens is 452 g/mol. The number of hydrogen-bond acceptors (Lipinski definition) is 4. The molecule has 34 heavy (non-hydrogen) atoms. The van der Waals surface area contributed by atoms with E-state index in [9.17, 15) is 22.4 Å². The van der Waals surface area contributed by atoms with E-state index in [1.54, 1.807) is 20.2 Å². The normalized spacial score (nSPS) is 12.5. The van der Waals surface area contributed by atoms with E-state index in [1.807, 2.05) is 24.3 Å². The van der Waals surface area contributed by atoms with Crippen molar-refractivity contribution in [2.24, 2.45) is 0 Å². The summed E-state index contributed by atoms with van der Waals surface area (Å²) in [5, 5.41) is 4.21. The first-order valence-corrected chi connectivity index (χ1v) is 10.3. The highest BCUT2D eigenvalue weighted by Gasteiger charge is 2.31. The van der Waals surface area contributed by atoms with Gasteiger partial charge in [0.25, 0.3) is 5.56 Å². The Balaban J connectivity index is 1.60. The number of alkyl halides is 3. The van der Waals surface area contributed by atoms with Crippen molar-refractivity contribution < 1.29 is 22.3 Å². The summed E-state index contributed by atoms with van der Waals surface area (Å²) in [7, 11) is 1.56. The molecule has 1 unspecified atom stereocenters. The van der Waals surface area contributed by atoms with Crippen LogP contribution in [0.4, 0.5) is 17.6 Å². The van der Waals surface area contributed by atoms with Crippen molar-refractivity contribution in [3.63, 3.8) is 0 Å². The van der Waals surface area contributed by atoms with E-state index in [2.05, 4.69) is 15.1 Å². The number of aromatic amines is 1. The molecule has 10 heteroatoms. The van der Waals surface area contributed by atoms with Gasteiger partial charge in [-0.05, 0) is 36.8 Å². The molecule has 0 spiro atoms. The van der Waals surface area contributed by atoms with Crippen LogP contribution in [0.25, 0.3) is 11.3 Å². The van der Waals surface area contributed by atoms with E-state index < -0.39 is 23.6 Å². The van der Waals surface area contributed by atoms with Crippen molar-refractivity contribution in [2.45, 2.75) is 25.6 Å². The Hall–Kier alpha value is -3.95. The Bertz CT molecular complexity index is 1380. The van der Waals surface area contributed by atoms with Gasteiger partial charge in [-0.1, -0.05) is 18.2 Å². The van der Waals surface area contributed by atoms with Crippen LogP contribution in [-0.2, 0) is 12.6 Å². The summed E-state index contributed by atoms with van der Waals surface area (Å²) < 4.78 is 59.5. The summed E-state index contributed by atoms with van der Waals surface area (Å²) in [5.41, 5.74) is 0.419. The average Bonchev–Trinajstić information content (AvgIpc) is 3.28. The Labute approximate surface area is 191 Å². The van der Waals surface area contributed by atoms with Gasteiger partial charge in [0.15, 0.2) is 0 Å². The van der Waals surface area contributed by atoms with Gasteiger partial charge in [0.1, 0.15) is 17.4 Å². The molecular formula is C24H20F4N4O2. The van der Waals surface area contributed by atoms with E-state index in [0.29, 0.717) is 35.3 Å². The molecule has 0 radical (unpaired) electrons. The molecule has 2 aromatic carbocycles. The van der Waals surface area contributed by atoms with Gasteiger partial charge < -0.3 is 9.72 Å². The lowest BCUT2D eigenvalue weighted by Gasteiger charge is -2.15. The first-order valence-electron chi connectivity index (χ1n) is 10.3. The van der Waals surface area contributed by atoms with Crippen LogP contribution in [0.5, 0.6) is 5.75 Å². The molecule has 2 heterocycles. The third kappa shape index (κ3) is 5.00. The highest BCUT2D eigenvalue weighted by Crippen LogP contribution is 2.32. The maximum atomic E-state index is 14.4. The number of hydrogen-bond donors (Lipinski definition) is 1. The number of halogens is 4. The van der Waals surface area contributed by atoms with Crippen molar-refractivity contribution in [3.8, 4) is 17.0 Å². The second-order valence-corrected chi connectivity index (χ2v) is 7.72. The molecule has 0 aliphatic heterocycles. The number of benzene rings is 2. The summed E-state index contributed by atoms with van der Waals surface area (Å²) in [5.74, 6) is 0.140. The Morgan fingerprint density at radius 2 is 1.94 bits per heavy atom. The first kappa shape index (κ1) is 23.2. The second kappa shape index (κ2) is 9.12. The van der Waals surface area contributed by atoms with Crippen LogP contribution in [0.1, 0.15) is 35.5 Å². The highest BCUT2D eigenvalue weighted by molar-refractivity contribution is 5.56. The van der Waals surface area contributed by atoms with Crippen LogP contribution in [-0.4, -0.2) is 26.9 Å². The van der Waals surface area contributed by atoms with Gasteiger partial charge in [-0.2, -0.15) is 18.3 Å². The molecule has 1 atom stereocenters. The van der Waals surface area contributed by atoms with Gasteiger partial charge in [-0.25, -0.2) is 9.37 Å². The lowest BCUT2D eigenvalue weighted by Crippen LogP contribution is -2.12. The van der Waals surface area contributed by atoms with Crippen molar-refractivity contribution in [1.29, 1.82) is 0 Å². The van der Waals surface area contributed by atoms with Gasteiger partial charge in [-0.3, -0.25) is 9.48 Å². The Morgan fingerprint density at radius 1 is 1.15 bits per heavy atom. The molecule has 4 rings (SSSR count). The number of nitrogens with zero attached hydrogens (tertiary/aromatic N) is 3. The zero-order chi connectivity index (χ0) is 24.5. The van der Waals surface area contributed by atoms with Crippen molar-refractivity contribution in [1.82, 2.24) is 19.7 Å². The fourth-order valence-electron chi connectivity index (χ4n) is 3.58. The molecule has 4 aromatic rings. The fraction of sp³-hybridized carbons (Fsp3) is 0.208. The quantitative estimate of drug-likeness (QED) is 0.401. The molecule has 0 bridgehead atoms. The summed E-state index contributed by atoms with van der Waals surface area (Å²) >= 11 is 0. The maximum absolute atomic E-state index is 14.4. The van der Waals surface area contributed by atoms with Crippen LogP contribution in [0.15, 0.2) is 65.7 Å². The number of nitrogens with one attached hydrogen (secondary N) is 1. The predicted octanol–water partition coefficient (Wildman–Crippen LogP) is 5.00. The summed E-state index contributed by atoms with van der Waals surface area (Å²) in [6.45, 7) is 1.61. The number of ether oxygens (including phenoxy) is 1. The number of rotatable bonds is 6. The summed E-state index contributed by atoms with van der Waals surface area (Å²) in [4.78, 5) is 19.4. The van der Waals surface area contributed by atoms with E-state index >= 15 is 0 Å². The third-order valence-electron chi connectivity index (χ3n) is 5.37. The molecule has 0 fully saturated rings. The van der Waals surface area contributed by atoms with Crippen LogP contribution < -0.4 is 10.3 Å². The van der Waals surface area contributed by atoms with E-state index in [4.69, 9.17) is 4.74 Å². The largest absolute Gasteiger partial charge is 0.497 e. The summed E-state index contributed by atoms with van der Waals surface area (Å²) in [6.07, 6.45) is -1.23. The lowest BCUT2D eigenvalue weighted by atomic mass is 10.0. The van der Waals surface area contributed by atoms with Gasteiger partial charge in [0.2, 0.25) is 0 Å². The van der Waals surface area contributed by atoms with E-state index in [1.165, 1.54) is 16.9 Å². The van der Waals surface area contributed by atoms with Gasteiger partial charge >= 0.3 is 6.18 Å². The third-order valence-corrected chi connectivity index (χ3v) is 5.37. The molecule has 0 aliphatic carbocycles. The van der Waals surface area contributed by atoms with Crippen LogP contribution in [0, 0.1) is 5.82 Å². The lowest BCUT2D eigenvalue weighted by molar-refractivity contribution is -0.137. The monoisotopic (exact) mass is 472 g/mol. The predicted molar refractivity (Wildman–Crippen MR) is 117 cm³/mol. The van der Waals surface area contributed by atoms with Gasteiger partial charge in [-0.15, -0.1) is 0 Å². The minimum atomic E-state index is -4.63. The highest BCUT2D eigenvalue weighted by atomic mass is 19.4. The molecule has 0 amide bonds. The Kier molecular flexibility index (Phi) is 6.23. The average molecular weight is 472 g/mol.